The number of methoxy groups -OCH3 is 2. The van der Waals surface area contributed by atoms with Gasteiger partial charge in [-0.15, -0.1) is 0 Å². The van der Waals surface area contributed by atoms with Crippen molar-refractivity contribution in [3.63, 3.8) is 0 Å². The van der Waals surface area contributed by atoms with Crippen LogP contribution in [0.1, 0.15) is 15.9 Å². The largest absolute Gasteiger partial charge is 0.496 e. The monoisotopic (exact) mass is 326 g/mol. The molecule has 0 radical (unpaired) electrons. The van der Waals surface area contributed by atoms with Gasteiger partial charge in [0.05, 0.1) is 19.8 Å². The fraction of sp³-hybridized carbons (Fsp3) is 0.188. The van der Waals surface area contributed by atoms with Gasteiger partial charge in [0.1, 0.15) is 22.8 Å². The summed E-state index contributed by atoms with van der Waals surface area (Å²) < 4.78 is 52.6. The molecule has 0 N–H and O–H groups in total. The van der Waals surface area contributed by atoms with E-state index in [-0.39, 0.29) is 17.1 Å². The number of halogens is 3. The lowest BCUT2D eigenvalue weighted by Gasteiger charge is -2.11. The number of carbonyl (C=O) groups excluding carboxylic acids is 1. The molecule has 0 saturated heterocycles. The number of hydrogen-bond acceptors (Lipinski definition) is 4. The third kappa shape index (κ3) is 3.94. The van der Waals surface area contributed by atoms with Gasteiger partial charge in [0.2, 0.25) is 0 Å². The summed E-state index contributed by atoms with van der Waals surface area (Å²) in [6.45, 7) is 0. The molecule has 0 spiro atoms. The molecule has 0 saturated carbocycles. The summed E-state index contributed by atoms with van der Waals surface area (Å²) >= 11 is 0. The fourth-order valence-corrected chi connectivity index (χ4v) is 1.87. The van der Waals surface area contributed by atoms with Crippen molar-refractivity contribution in [2.45, 2.75) is 6.18 Å². The van der Waals surface area contributed by atoms with Gasteiger partial charge in [0.25, 0.3) is 0 Å². The quantitative estimate of drug-likeness (QED) is 0.786. The minimum Gasteiger partial charge on any atom is -0.496 e. The molecule has 0 aliphatic rings. The Balaban J connectivity index is 2.25. The van der Waals surface area contributed by atoms with Crippen molar-refractivity contribution < 1.29 is 32.2 Å². The Morgan fingerprint density at radius 2 is 1.57 bits per heavy atom. The lowest BCUT2D eigenvalue weighted by molar-refractivity contribution is -0.137. The number of alkyl halides is 3. The summed E-state index contributed by atoms with van der Waals surface area (Å²) in [7, 11) is 2.63. The number of ether oxygens (including phenoxy) is 3. The Hall–Kier alpha value is -2.70. The summed E-state index contributed by atoms with van der Waals surface area (Å²) in [5.41, 5.74) is -0.616. The van der Waals surface area contributed by atoms with Crippen LogP contribution in [0.15, 0.2) is 42.5 Å². The molecule has 7 heteroatoms. The van der Waals surface area contributed by atoms with Crippen LogP contribution in [0.3, 0.4) is 0 Å². The van der Waals surface area contributed by atoms with E-state index in [9.17, 15) is 18.0 Å². The van der Waals surface area contributed by atoms with Crippen molar-refractivity contribution in [3.8, 4) is 17.2 Å². The van der Waals surface area contributed by atoms with Gasteiger partial charge in [-0.1, -0.05) is 0 Å². The van der Waals surface area contributed by atoms with E-state index in [0.717, 1.165) is 12.1 Å². The maximum absolute atomic E-state index is 12.5. The van der Waals surface area contributed by atoms with Crippen molar-refractivity contribution in [1.29, 1.82) is 0 Å². The van der Waals surface area contributed by atoms with Crippen LogP contribution in [0.4, 0.5) is 13.2 Å². The summed E-state index contributed by atoms with van der Waals surface area (Å²) in [4.78, 5) is 11.7. The minimum atomic E-state index is -4.41. The van der Waals surface area contributed by atoms with Gasteiger partial charge in [-0.3, -0.25) is 0 Å². The molecule has 0 unspecified atom stereocenters. The van der Waals surface area contributed by atoms with E-state index in [1.165, 1.54) is 44.6 Å². The van der Waals surface area contributed by atoms with Crippen molar-refractivity contribution in [2.24, 2.45) is 0 Å². The summed E-state index contributed by atoms with van der Waals surface area (Å²) in [6.07, 6.45) is -4.41. The number of carbonyl (C=O) groups is 1. The first-order chi connectivity index (χ1) is 10.8. The number of benzene rings is 2. The Labute approximate surface area is 130 Å². The zero-order chi connectivity index (χ0) is 17.0. The number of hydrogen-bond donors (Lipinski definition) is 0. The van der Waals surface area contributed by atoms with Crippen LogP contribution < -0.4 is 9.47 Å². The molecule has 0 amide bonds. The second-order valence-electron chi connectivity index (χ2n) is 4.48. The van der Waals surface area contributed by atoms with Gasteiger partial charge < -0.3 is 14.2 Å². The highest BCUT2D eigenvalue weighted by Crippen LogP contribution is 2.32. The smallest absolute Gasteiger partial charge is 0.416 e. The summed E-state index contributed by atoms with van der Waals surface area (Å²) in [5.74, 6) is 0.168. The molecule has 0 aliphatic heterocycles. The van der Waals surface area contributed by atoms with E-state index >= 15 is 0 Å². The highest BCUT2D eigenvalue weighted by atomic mass is 19.4. The summed E-state index contributed by atoms with van der Waals surface area (Å²) in [6, 6.07) is 8.66. The molecule has 23 heavy (non-hydrogen) atoms. The molecule has 122 valence electrons. The van der Waals surface area contributed by atoms with Crippen LogP contribution >= 0.6 is 0 Å². The first kappa shape index (κ1) is 16.7. The molecular weight excluding hydrogens is 313 g/mol. The first-order valence-corrected chi connectivity index (χ1v) is 6.46. The Morgan fingerprint density at radius 1 is 0.957 bits per heavy atom. The second-order valence-corrected chi connectivity index (χ2v) is 4.48. The number of rotatable bonds is 4. The molecule has 0 fully saturated rings. The van der Waals surface area contributed by atoms with Crippen LogP contribution in [-0.2, 0) is 10.9 Å². The van der Waals surface area contributed by atoms with Gasteiger partial charge in [0, 0.05) is 0 Å². The van der Waals surface area contributed by atoms with Gasteiger partial charge in [0.15, 0.2) is 0 Å². The Bertz CT molecular complexity index is 693. The predicted molar refractivity (Wildman–Crippen MR) is 75.9 cm³/mol. The predicted octanol–water partition coefficient (Wildman–Crippen LogP) is 4.29. The Morgan fingerprint density at radius 3 is 2.09 bits per heavy atom. The Kier molecular flexibility index (Phi) is 4.78. The van der Waals surface area contributed by atoms with Gasteiger partial charge in [-0.2, -0.15) is 13.2 Å². The van der Waals surface area contributed by atoms with E-state index in [1.807, 2.05) is 0 Å². The van der Waals surface area contributed by atoms with Crippen molar-refractivity contribution in [3.05, 3.63) is 53.6 Å². The average Bonchev–Trinajstić information content (AvgIpc) is 2.53. The minimum absolute atomic E-state index is 0.152. The SMILES string of the molecule is COC(=O)c1cc(Oc2ccc(C(F)(F)F)cc2)ccc1OC. The topological polar surface area (TPSA) is 44.8 Å². The van der Waals surface area contributed by atoms with Gasteiger partial charge in [-0.05, 0) is 42.5 Å². The normalized spacial score (nSPS) is 11.0. The molecule has 2 rings (SSSR count). The standard InChI is InChI=1S/C16H13F3O4/c1-21-14-8-7-12(9-13(14)15(20)22-2)23-11-5-3-10(4-6-11)16(17,18)19/h3-9H,1-2H3. The first-order valence-electron chi connectivity index (χ1n) is 6.46. The van der Waals surface area contributed by atoms with E-state index in [1.54, 1.807) is 0 Å². The third-order valence-electron chi connectivity index (χ3n) is 2.99. The van der Waals surface area contributed by atoms with Crippen molar-refractivity contribution >= 4 is 5.97 Å². The van der Waals surface area contributed by atoms with Crippen LogP contribution in [-0.4, -0.2) is 20.2 Å². The maximum atomic E-state index is 12.5. The van der Waals surface area contributed by atoms with Crippen molar-refractivity contribution in [1.82, 2.24) is 0 Å². The summed E-state index contributed by atoms with van der Waals surface area (Å²) in [5, 5.41) is 0. The van der Waals surface area contributed by atoms with Crippen LogP contribution in [0.5, 0.6) is 17.2 Å². The van der Waals surface area contributed by atoms with Crippen LogP contribution in [0, 0.1) is 0 Å². The third-order valence-corrected chi connectivity index (χ3v) is 2.99. The highest BCUT2D eigenvalue weighted by Gasteiger charge is 2.30. The van der Waals surface area contributed by atoms with Crippen molar-refractivity contribution in [2.75, 3.05) is 14.2 Å². The molecule has 2 aromatic rings. The molecule has 4 nitrogen and oxygen atoms in total. The van der Waals surface area contributed by atoms with E-state index in [4.69, 9.17) is 9.47 Å². The average molecular weight is 326 g/mol. The lowest BCUT2D eigenvalue weighted by atomic mass is 10.2. The molecule has 0 aliphatic carbocycles. The molecule has 0 atom stereocenters. The molecular formula is C16H13F3O4. The zero-order valence-corrected chi connectivity index (χ0v) is 12.3. The second kappa shape index (κ2) is 6.60. The van der Waals surface area contributed by atoms with Gasteiger partial charge >= 0.3 is 12.1 Å². The van der Waals surface area contributed by atoms with Crippen LogP contribution in [0.2, 0.25) is 0 Å². The molecule has 0 bridgehead atoms. The molecule has 2 aromatic carbocycles. The number of esters is 1. The van der Waals surface area contributed by atoms with E-state index in [2.05, 4.69) is 4.74 Å². The lowest BCUT2D eigenvalue weighted by Crippen LogP contribution is -2.05. The van der Waals surface area contributed by atoms with E-state index < -0.39 is 17.7 Å². The maximum Gasteiger partial charge on any atom is 0.416 e. The fourth-order valence-electron chi connectivity index (χ4n) is 1.87. The highest BCUT2D eigenvalue weighted by molar-refractivity contribution is 5.93. The molecule has 0 heterocycles. The van der Waals surface area contributed by atoms with E-state index in [0.29, 0.717) is 5.75 Å². The zero-order valence-electron chi connectivity index (χ0n) is 12.3. The molecule has 0 aromatic heterocycles. The van der Waals surface area contributed by atoms with Crippen LogP contribution in [0.25, 0.3) is 0 Å². The van der Waals surface area contributed by atoms with Gasteiger partial charge in [-0.25, -0.2) is 4.79 Å².